The Morgan fingerprint density at radius 2 is 1.75 bits per heavy atom. The summed E-state index contributed by atoms with van der Waals surface area (Å²) in [5.74, 6) is -3.89. The minimum Gasteiger partial charge on any atom is -0.481 e. The molecule has 0 heterocycles. The van der Waals surface area contributed by atoms with Crippen molar-refractivity contribution in [1.82, 2.24) is 10.2 Å². The van der Waals surface area contributed by atoms with Gasteiger partial charge in [-0.15, -0.1) is 0 Å². The molecule has 0 fully saturated rings. The zero-order valence-corrected chi connectivity index (χ0v) is 13.3. The van der Waals surface area contributed by atoms with E-state index in [0.29, 0.717) is 16.9 Å². The van der Waals surface area contributed by atoms with Crippen molar-refractivity contribution in [2.75, 3.05) is 6.54 Å². The number of carbonyl (C=O) groups excluding carboxylic acids is 2. The number of nitrogens with zero attached hydrogens (tertiary/aromatic N) is 1. The Hall–Kier alpha value is -2.90. The molecule has 0 aliphatic rings. The first-order valence-corrected chi connectivity index (χ1v) is 7.45. The highest BCUT2D eigenvalue weighted by atomic mass is 16.4. The van der Waals surface area contributed by atoms with Crippen molar-refractivity contribution < 1.29 is 29.4 Å². The lowest BCUT2D eigenvalue weighted by Crippen LogP contribution is -2.54. The van der Waals surface area contributed by atoms with E-state index in [0.717, 1.165) is 0 Å². The van der Waals surface area contributed by atoms with Crippen LogP contribution in [0.25, 0.3) is 0 Å². The third-order valence-corrected chi connectivity index (χ3v) is 3.18. The molecule has 8 heteroatoms. The van der Waals surface area contributed by atoms with Crippen molar-refractivity contribution >= 4 is 23.9 Å². The molecular weight excluding hydrogens is 316 g/mol. The Kier molecular flexibility index (Phi) is 7.41. The molecular formula is C16H20N2O6. The van der Waals surface area contributed by atoms with E-state index in [1.807, 2.05) is 0 Å². The second-order valence-corrected chi connectivity index (χ2v) is 5.11. The van der Waals surface area contributed by atoms with E-state index in [1.54, 1.807) is 37.3 Å². The molecule has 0 aliphatic carbocycles. The van der Waals surface area contributed by atoms with Crippen molar-refractivity contribution in [3.63, 3.8) is 0 Å². The van der Waals surface area contributed by atoms with Gasteiger partial charge in [0.2, 0.25) is 5.91 Å². The van der Waals surface area contributed by atoms with Crippen molar-refractivity contribution in [3.05, 3.63) is 35.9 Å². The third kappa shape index (κ3) is 5.71. The van der Waals surface area contributed by atoms with E-state index in [4.69, 9.17) is 5.11 Å². The average molecular weight is 336 g/mol. The Balaban J connectivity index is 3.09. The van der Waals surface area contributed by atoms with Gasteiger partial charge in [-0.1, -0.05) is 37.3 Å². The van der Waals surface area contributed by atoms with Gasteiger partial charge < -0.3 is 15.5 Å². The molecule has 24 heavy (non-hydrogen) atoms. The summed E-state index contributed by atoms with van der Waals surface area (Å²) in [6, 6.07) is 6.09. The zero-order valence-electron chi connectivity index (χ0n) is 13.3. The summed E-state index contributed by atoms with van der Waals surface area (Å²) in [6.07, 6.45) is -0.484. The van der Waals surface area contributed by atoms with Crippen LogP contribution < -0.4 is 5.32 Å². The summed E-state index contributed by atoms with van der Waals surface area (Å²) in [5, 5.41) is 20.6. The van der Waals surface area contributed by atoms with Crippen molar-refractivity contribution in [3.8, 4) is 0 Å². The van der Waals surface area contributed by atoms with Crippen LogP contribution >= 0.6 is 0 Å². The van der Waals surface area contributed by atoms with Gasteiger partial charge in [-0.3, -0.25) is 9.59 Å². The van der Waals surface area contributed by atoms with Crippen molar-refractivity contribution in [2.45, 2.75) is 32.2 Å². The maximum absolute atomic E-state index is 12.2. The van der Waals surface area contributed by atoms with Crippen LogP contribution in [-0.2, 0) is 20.8 Å². The van der Waals surface area contributed by atoms with Crippen molar-refractivity contribution in [1.29, 1.82) is 0 Å². The second kappa shape index (κ2) is 9.29. The lowest BCUT2D eigenvalue weighted by Gasteiger charge is -2.27. The summed E-state index contributed by atoms with van der Waals surface area (Å²) in [4.78, 5) is 47.2. The lowest BCUT2D eigenvalue weighted by molar-refractivity contribution is -0.151. The minimum atomic E-state index is -1.49. The number of benzene rings is 1. The first-order valence-electron chi connectivity index (χ1n) is 7.45. The zero-order chi connectivity index (χ0) is 18.1. The number of carbonyl (C=O) groups is 4. The van der Waals surface area contributed by atoms with Gasteiger partial charge in [0.15, 0.2) is 0 Å². The number of urea groups is 1. The number of nitrogens with one attached hydrogen (secondary N) is 1. The quantitative estimate of drug-likeness (QED) is 0.611. The summed E-state index contributed by atoms with van der Waals surface area (Å²) >= 11 is 0. The number of hydrogen-bond acceptors (Lipinski definition) is 4. The number of aliphatic carboxylic acids is 2. The Bertz CT molecular complexity index is 602. The predicted molar refractivity (Wildman–Crippen MR) is 84.4 cm³/mol. The molecule has 0 saturated carbocycles. The number of carboxylic acids is 2. The van der Waals surface area contributed by atoms with E-state index in [9.17, 15) is 24.3 Å². The number of amides is 3. The Morgan fingerprint density at radius 1 is 1.12 bits per heavy atom. The van der Waals surface area contributed by atoms with Crippen LogP contribution in [0.1, 0.15) is 25.3 Å². The lowest BCUT2D eigenvalue weighted by atomic mass is 10.0. The molecule has 1 atom stereocenters. The molecule has 8 nitrogen and oxygen atoms in total. The molecule has 1 aromatic rings. The van der Waals surface area contributed by atoms with Crippen molar-refractivity contribution in [2.24, 2.45) is 0 Å². The fraction of sp³-hybridized carbons (Fsp3) is 0.375. The van der Waals surface area contributed by atoms with E-state index >= 15 is 0 Å². The van der Waals surface area contributed by atoms with Gasteiger partial charge in [0, 0.05) is 13.0 Å². The topological polar surface area (TPSA) is 124 Å². The molecule has 130 valence electrons. The Morgan fingerprint density at radius 3 is 2.25 bits per heavy atom. The van der Waals surface area contributed by atoms with Gasteiger partial charge in [0.1, 0.15) is 12.5 Å². The summed E-state index contributed by atoms with van der Waals surface area (Å²) in [7, 11) is 0. The third-order valence-electron chi connectivity index (χ3n) is 3.18. The molecule has 1 rings (SSSR count). The largest absolute Gasteiger partial charge is 0.481 e. The van der Waals surface area contributed by atoms with E-state index in [-0.39, 0.29) is 13.0 Å². The standard InChI is InChI=1S/C16H20N2O6/c1-2-8-17-16(24)18(13(19)10-14(20)21)12(15(22)23)9-11-6-4-3-5-7-11/h3-7,12H,2,8-10H2,1H3,(H,17,24)(H,20,21)(H,22,23)/t12-/m0/s1. The SMILES string of the molecule is CCCNC(=O)N(C(=O)CC(=O)O)[C@@H](Cc1ccccc1)C(=O)O. The number of hydrogen-bond donors (Lipinski definition) is 3. The molecule has 3 amide bonds. The van der Waals surface area contributed by atoms with Gasteiger partial charge in [-0.25, -0.2) is 14.5 Å². The molecule has 1 aromatic carbocycles. The van der Waals surface area contributed by atoms with Crippen LogP contribution in [0.3, 0.4) is 0 Å². The van der Waals surface area contributed by atoms with Crippen LogP contribution in [-0.4, -0.2) is 51.6 Å². The Labute approximate surface area is 139 Å². The molecule has 0 radical (unpaired) electrons. The highest BCUT2D eigenvalue weighted by Crippen LogP contribution is 2.12. The number of rotatable bonds is 8. The van der Waals surface area contributed by atoms with Crippen LogP contribution in [0.2, 0.25) is 0 Å². The molecule has 0 aliphatic heterocycles. The fourth-order valence-electron chi connectivity index (χ4n) is 2.09. The molecule has 0 spiro atoms. The van der Waals surface area contributed by atoms with Gasteiger partial charge in [-0.05, 0) is 12.0 Å². The number of carboxylic acid groups (broad SMARTS) is 2. The van der Waals surface area contributed by atoms with E-state index in [1.165, 1.54) is 0 Å². The normalized spacial score (nSPS) is 11.4. The molecule has 3 N–H and O–H groups in total. The highest BCUT2D eigenvalue weighted by Gasteiger charge is 2.35. The first-order chi connectivity index (χ1) is 11.4. The van der Waals surface area contributed by atoms with Crippen LogP contribution in [0.4, 0.5) is 4.79 Å². The first kappa shape index (κ1) is 19.1. The fourth-order valence-corrected chi connectivity index (χ4v) is 2.09. The second-order valence-electron chi connectivity index (χ2n) is 5.11. The molecule has 0 bridgehead atoms. The van der Waals surface area contributed by atoms with Crippen LogP contribution in [0.5, 0.6) is 0 Å². The van der Waals surface area contributed by atoms with Gasteiger partial charge in [-0.2, -0.15) is 0 Å². The summed E-state index contributed by atoms with van der Waals surface area (Å²) in [6.45, 7) is 2.04. The van der Waals surface area contributed by atoms with E-state index in [2.05, 4.69) is 5.32 Å². The molecule has 0 unspecified atom stereocenters. The summed E-state index contributed by atoms with van der Waals surface area (Å²) < 4.78 is 0. The predicted octanol–water partition coefficient (Wildman–Crippen LogP) is 1.11. The average Bonchev–Trinajstić information content (AvgIpc) is 2.52. The smallest absolute Gasteiger partial charge is 0.327 e. The highest BCUT2D eigenvalue weighted by molar-refractivity contribution is 6.04. The van der Waals surface area contributed by atoms with Gasteiger partial charge in [0.25, 0.3) is 0 Å². The van der Waals surface area contributed by atoms with Crippen LogP contribution in [0, 0.1) is 0 Å². The van der Waals surface area contributed by atoms with Gasteiger partial charge >= 0.3 is 18.0 Å². The molecule has 0 aromatic heterocycles. The maximum atomic E-state index is 12.2. The summed E-state index contributed by atoms with van der Waals surface area (Å²) in [5.41, 5.74) is 0.612. The number of imide groups is 1. The minimum absolute atomic E-state index is 0.110. The molecule has 0 saturated heterocycles. The van der Waals surface area contributed by atoms with Crippen LogP contribution in [0.15, 0.2) is 30.3 Å². The van der Waals surface area contributed by atoms with E-state index < -0.39 is 36.3 Å². The van der Waals surface area contributed by atoms with Gasteiger partial charge in [0.05, 0.1) is 0 Å². The maximum Gasteiger partial charge on any atom is 0.327 e. The monoisotopic (exact) mass is 336 g/mol.